The van der Waals surface area contributed by atoms with Gasteiger partial charge in [0.05, 0.1) is 16.1 Å². The van der Waals surface area contributed by atoms with E-state index in [1.807, 2.05) is 0 Å². The Balaban J connectivity index is 1.79. The van der Waals surface area contributed by atoms with Crippen molar-refractivity contribution in [2.45, 2.75) is 49.1 Å². The van der Waals surface area contributed by atoms with Gasteiger partial charge in [0.1, 0.15) is 17.5 Å². The molecule has 0 radical (unpaired) electrons. The van der Waals surface area contributed by atoms with Gasteiger partial charge in [-0.1, -0.05) is 12.1 Å². The molecule has 8 heteroatoms. The van der Waals surface area contributed by atoms with Crippen LogP contribution in [0.25, 0.3) is 11.1 Å². The summed E-state index contributed by atoms with van der Waals surface area (Å²) in [5.41, 5.74) is -1.08. The smallest absolute Gasteiger partial charge is 0.240 e. The third-order valence-corrected chi connectivity index (χ3v) is 6.38. The Hall–Kier alpha value is -1.90. The monoisotopic (exact) mass is 399 g/mol. The van der Waals surface area contributed by atoms with Crippen LogP contribution in [0.4, 0.5) is 13.2 Å². The molecule has 0 atom stereocenters. The molecule has 4 nitrogen and oxygen atoms in total. The van der Waals surface area contributed by atoms with E-state index in [4.69, 9.17) is 0 Å². The minimum Gasteiger partial charge on any atom is -0.390 e. The quantitative estimate of drug-likeness (QED) is 0.823. The van der Waals surface area contributed by atoms with Crippen LogP contribution in [0.5, 0.6) is 0 Å². The lowest BCUT2D eigenvalue weighted by molar-refractivity contribution is 0.0163. The molecule has 2 aromatic carbocycles. The van der Waals surface area contributed by atoms with Crippen LogP contribution in [-0.4, -0.2) is 25.2 Å². The van der Waals surface area contributed by atoms with Gasteiger partial charge >= 0.3 is 0 Å². The van der Waals surface area contributed by atoms with Crippen LogP contribution in [-0.2, 0) is 10.0 Å². The molecule has 1 fully saturated rings. The van der Waals surface area contributed by atoms with Crippen molar-refractivity contribution >= 4 is 10.0 Å². The fourth-order valence-corrected chi connectivity index (χ4v) is 4.57. The van der Waals surface area contributed by atoms with Gasteiger partial charge in [0.25, 0.3) is 0 Å². The first-order valence-corrected chi connectivity index (χ1v) is 10.1. The molecule has 27 heavy (non-hydrogen) atoms. The average molecular weight is 399 g/mol. The zero-order chi connectivity index (χ0) is 19.8. The van der Waals surface area contributed by atoms with E-state index in [1.54, 1.807) is 6.92 Å². The summed E-state index contributed by atoms with van der Waals surface area (Å²) in [6, 6.07) is 5.92. The molecule has 2 N–H and O–H groups in total. The number of nitrogens with one attached hydrogen (secondary N) is 1. The van der Waals surface area contributed by atoms with Crippen LogP contribution in [0.3, 0.4) is 0 Å². The number of aliphatic hydroxyl groups is 1. The minimum atomic E-state index is -3.80. The van der Waals surface area contributed by atoms with E-state index in [0.29, 0.717) is 37.8 Å². The van der Waals surface area contributed by atoms with Gasteiger partial charge in [-0.2, -0.15) is 0 Å². The summed E-state index contributed by atoms with van der Waals surface area (Å²) in [5, 5.41) is 9.95. The summed E-state index contributed by atoms with van der Waals surface area (Å²) in [4.78, 5) is -0.0356. The molecule has 3 rings (SSSR count). The van der Waals surface area contributed by atoms with Gasteiger partial charge in [-0.05, 0) is 50.3 Å². The zero-order valence-electron chi connectivity index (χ0n) is 14.7. The highest BCUT2D eigenvalue weighted by atomic mass is 32.2. The van der Waals surface area contributed by atoms with Crippen molar-refractivity contribution in [3.63, 3.8) is 0 Å². The van der Waals surface area contributed by atoms with Crippen LogP contribution in [0.15, 0.2) is 41.3 Å². The molecule has 1 saturated carbocycles. The van der Waals surface area contributed by atoms with E-state index < -0.39 is 38.6 Å². The van der Waals surface area contributed by atoms with E-state index in [-0.39, 0.29) is 16.5 Å². The van der Waals surface area contributed by atoms with Crippen LogP contribution < -0.4 is 4.72 Å². The normalized spacial score (nSPS) is 23.4. The Morgan fingerprint density at radius 2 is 1.56 bits per heavy atom. The van der Waals surface area contributed by atoms with Crippen LogP contribution in [0.1, 0.15) is 32.6 Å². The van der Waals surface area contributed by atoms with E-state index in [0.717, 1.165) is 0 Å². The second-order valence-electron chi connectivity index (χ2n) is 7.16. The first kappa shape index (κ1) is 19.9. The maximum absolute atomic E-state index is 13.9. The highest BCUT2D eigenvalue weighted by Gasteiger charge is 2.31. The minimum absolute atomic E-state index is 0.0356. The van der Waals surface area contributed by atoms with Gasteiger partial charge in [0.2, 0.25) is 10.0 Å². The third-order valence-electron chi connectivity index (χ3n) is 4.84. The number of benzene rings is 2. The van der Waals surface area contributed by atoms with E-state index in [9.17, 15) is 26.7 Å². The molecule has 0 saturated heterocycles. The van der Waals surface area contributed by atoms with Crippen molar-refractivity contribution < 1.29 is 26.7 Å². The van der Waals surface area contributed by atoms with Crippen molar-refractivity contribution in [1.29, 1.82) is 0 Å². The number of halogens is 3. The fourth-order valence-electron chi connectivity index (χ4n) is 3.26. The summed E-state index contributed by atoms with van der Waals surface area (Å²) >= 11 is 0. The molecule has 0 spiro atoms. The van der Waals surface area contributed by atoms with Gasteiger partial charge in [-0.25, -0.2) is 26.3 Å². The summed E-state index contributed by atoms with van der Waals surface area (Å²) in [5.74, 6) is -3.14. The lowest BCUT2D eigenvalue weighted by Gasteiger charge is -2.33. The molecular weight excluding hydrogens is 379 g/mol. The van der Waals surface area contributed by atoms with Crippen molar-refractivity contribution in [2.24, 2.45) is 0 Å². The maximum Gasteiger partial charge on any atom is 0.240 e. The Kier molecular flexibility index (Phi) is 5.33. The molecule has 2 aromatic rings. The second kappa shape index (κ2) is 7.26. The first-order valence-electron chi connectivity index (χ1n) is 8.57. The Labute approximate surface area is 156 Å². The van der Waals surface area contributed by atoms with E-state index in [2.05, 4.69) is 4.72 Å². The van der Waals surface area contributed by atoms with Crippen molar-refractivity contribution in [1.82, 2.24) is 4.72 Å². The van der Waals surface area contributed by atoms with Gasteiger partial charge in [0, 0.05) is 18.2 Å². The molecule has 0 heterocycles. The number of hydrogen-bond donors (Lipinski definition) is 2. The predicted molar refractivity (Wildman–Crippen MR) is 95.0 cm³/mol. The lowest BCUT2D eigenvalue weighted by Crippen LogP contribution is -2.42. The molecule has 0 unspecified atom stereocenters. The van der Waals surface area contributed by atoms with Crippen molar-refractivity contribution in [3.8, 4) is 11.1 Å². The third kappa shape index (κ3) is 4.51. The summed E-state index contributed by atoms with van der Waals surface area (Å²) in [6.07, 6.45) is 2.05. The second-order valence-corrected chi connectivity index (χ2v) is 8.88. The van der Waals surface area contributed by atoms with Crippen LogP contribution in [0.2, 0.25) is 0 Å². The topological polar surface area (TPSA) is 66.4 Å². The standard InChI is InChI=1S/C19H20F3NO3S/c1-19(24)8-6-14(7-9-19)23-27(25,26)15-4-2-12(3-5-15)18-16(21)10-13(20)11-17(18)22/h2-5,10-11,14,23-24H,6-9H2,1H3/t14-,19+. The van der Waals surface area contributed by atoms with Gasteiger partial charge in [-0.15, -0.1) is 0 Å². The Morgan fingerprint density at radius 1 is 1.04 bits per heavy atom. The van der Waals surface area contributed by atoms with E-state index in [1.165, 1.54) is 24.3 Å². The molecule has 0 aliphatic heterocycles. The molecule has 146 valence electrons. The summed E-state index contributed by atoms with van der Waals surface area (Å²) in [7, 11) is -3.80. The summed E-state index contributed by atoms with van der Waals surface area (Å²) in [6.45, 7) is 1.73. The van der Waals surface area contributed by atoms with Gasteiger partial charge in [-0.3, -0.25) is 0 Å². The van der Waals surface area contributed by atoms with Gasteiger partial charge in [0.15, 0.2) is 0 Å². The summed E-state index contributed by atoms with van der Waals surface area (Å²) < 4.78 is 68.4. The highest BCUT2D eigenvalue weighted by molar-refractivity contribution is 7.89. The largest absolute Gasteiger partial charge is 0.390 e. The van der Waals surface area contributed by atoms with Gasteiger partial charge < -0.3 is 5.11 Å². The van der Waals surface area contributed by atoms with Crippen molar-refractivity contribution in [2.75, 3.05) is 0 Å². The van der Waals surface area contributed by atoms with Crippen molar-refractivity contribution in [3.05, 3.63) is 53.8 Å². The highest BCUT2D eigenvalue weighted by Crippen LogP contribution is 2.30. The predicted octanol–water partition coefficient (Wildman–Crippen LogP) is 3.74. The molecule has 1 aliphatic rings. The first-order chi connectivity index (χ1) is 12.6. The molecule has 1 aliphatic carbocycles. The number of rotatable bonds is 4. The van der Waals surface area contributed by atoms with E-state index >= 15 is 0 Å². The SMILES string of the molecule is C[C@]1(O)CC[C@@H](NS(=O)(=O)c2ccc(-c3c(F)cc(F)cc3F)cc2)CC1. The van der Waals surface area contributed by atoms with Crippen LogP contribution >= 0.6 is 0 Å². The maximum atomic E-state index is 13.9. The average Bonchev–Trinajstić information content (AvgIpc) is 2.56. The fraction of sp³-hybridized carbons (Fsp3) is 0.368. The van der Waals surface area contributed by atoms with Crippen LogP contribution in [0, 0.1) is 17.5 Å². The Morgan fingerprint density at radius 3 is 2.07 bits per heavy atom. The molecule has 0 bridgehead atoms. The molecule has 0 amide bonds. The number of hydrogen-bond acceptors (Lipinski definition) is 3. The molecular formula is C19H20F3NO3S. The molecule has 0 aromatic heterocycles. The Bertz CT molecular complexity index is 910. The number of sulfonamides is 1. The zero-order valence-corrected chi connectivity index (χ0v) is 15.5. The lowest BCUT2D eigenvalue weighted by atomic mass is 9.84.